The Morgan fingerprint density at radius 2 is 1.58 bits per heavy atom. The zero-order chi connectivity index (χ0) is 17.1. The molecule has 120 valence electrons. The van der Waals surface area contributed by atoms with Gasteiger partial charge in [-0.2, -0.15) is 0 Å². The van der Waals surface area contributed by atoms with Crippen LogP contribution in [0.25, 0.3) is 5.69 Å². The third kappa shape index (κ3) is 2.85. The van der Waals surface area contributed by atoms with Crippen LogP contribution in [-0.4, -0.2) is 10.4 Å². The fourth-order valence-corrected chi connectivity index (χ4v) is 2.54. The molecule has 0 radical (unpaired) electrons. The van der Waals surface area contributed by atoms with Gasteiger partial charge in [-0.3, -0.25) is 14.2 Å². The van der Waals surface area contributed by atoms with E-state index in [0.29, 0.717) is 23.4 Å². The van der Waals surface area contributed by atoms with Crippen molar-refractivity contribution in [2.75, 3.05) is 5.73 Å². The molecule has 4 N–H and O–H groups in total. The van der Waals surface area contributed by atoms with Crippen LogP contribution in [-0.2, 0) is 6.54 Å². The molecule has 2 aromatic carbocycles. The standard InChI is InChI=1S/C19H17N3O2/c20-12-13-6-8-15(9-7-13)22-17(23)11-10-16(19(22)21)18(24)14-4-2-1-3-5-14/h1-11H,12,20-21H2. The van der Waals surface area contributed by atoms with Crippen LogP contribution in [0, 0.1) is 0 Å². The predicted octanol–water partition coefficient (Wildman–Crippen LogP) is 2.11. The SMILES string of the molecule is NCc1ccc(-n2c(N)c(C(=O)c3ccccc3)ccc2=O)cc1. The fraction of sp³-hybridized carbons (Fsp3) is 0.0526. The molecule has 3 rings (SSSR count). The molecule has 0 bridgehead atoms. The lowest BCUT2D eigenvalue weighted by Crippen LogP contribution is -2.23. The van der Waals surface area contributed by atoms with Gasteiger partial charge in [-0.05, 0) is 23.8 Å². The summed E-state index contributed by atoms with van der Waals surface area (Å²) in [4.78, 5) is 24.9. The van der Waals surface area contributed by atoms with E-state index in [4.69, 9.17) is 11.5 Å². The molecule has 5 heteroatoms. The first-order chi connectivity index (χ1) is 11.6. The smallest absolute Gasteiger partial charge is 0.256 e. The Kier molecular flexibility index (Phi) is 4.26. The Morgan fingerprint density at radius 1 is 0.917 bits per heavy atom. The van der Waals surface area contributed by atoms with Gasteiger partial charge in [-0.25, -0.2) is 0 Å². The second-order valence-electron chi connectivity index (χ2n) is 5.37. The minimum atomic E-state index is -0.294. The summed E-state index contributed by atoms with van der Waals surface area (Å²) in [7, 11) is 0. The average molecular weight is 319 g/mol. The van der Waals surface area contributed by atoms with E-state index < -0.39 is 0 Å². The van der Waals surface area contributed by atoms with E-state index in [0.717, 1.165) is 5.56 Å². The Balaban J connectivity index is 2.11. The van der Waals surface area contributed by atoms with Crippen LogP contribution < -0.4 is 17.0 Å². The molecule has 1 aromatic heterocycles. The number of nitrogens with two attached hydrogens (primary N) is 2. The number of pyridine rings is 1. The molecular formula is C19H17N3O2. The number of hydrogen-bond donors (Lipinski definition) is 2. The number of hydrogen-bond acceptors (Lipinski definition) is 4. The van der Waals surface area contributed by atoms with Crippen molar-refractivity contribution in [3.05, 3.63) is 93.8 Å². The van der Waals surface area contributed by atoms with Gasteiger partial charge >= 0.3 is 0 Å². The highest BCUT2D eigenvalue weighted by molar-refractivity contribution is 6.11. The van der Waals surface area contributed by atoms with Gasteiger partial charge in [0.25, 0.3) is 5.56 Å². The van der Waals surface area contributed by atoms with Crippen LogP contribution in [0.4, 0.5) is 5.82 Å². The molecule has 0 spiro atoms. The number of benzene rings is 2. The van der Waals surface area contributed by atoms with Crippen LogP contribution in [0.2, 0.25) is 0 Å². The summed E-state index contributed by atoms with van der Waals surface area (Å²) < 4.78 is 1.33. The van der Waals surface area contributed by atoms with Gasteiger partial charge in [0.2, 0.25) is 0 Å². The maximum atomic E-state index is 12.7. The van der Waals surface area contributed by atoms with Crippen molar-refractivity contribution in [3.63, 3.8) is 0 Å². The zero-order valence-electron chi connectivity index (χ0n) is 13.0. The van der Waals surface area contributed by atoms with Gasteiger partial charge in [-0.1, -0.05) is 42.5 Å². The lowest BCUT2D eigenvalue weighted by Gasteiger charge is -2.13. The number of nitrogens with zero attached hydrogens (tertiary/aromatic N) is 1. The zero-order valence-corrected chi connectivity index (χ0v) is 13.0. The quantitative estimate of drug-likeness (QED) is 0.721. The molecule has 0 aliphatic heterocycles. The Morgan fingerprint density at radius 3 is 2.21 bits per heavy atom. The number of carbonyl (C=O) groups is 1. The molecule has 24 heavy (non-hydrogen) atoms. The topological polar surface area (TPSA) is 91.1 Å². The average Bonchev–Trinajstić information content (AvgIpc) is 2.63. The first-order valence-electron chi connectivity index (χ1n) is 7.52. The lowest BCUT2D eigenvalue weighted by atomic mass is 10.0. The number of anilines is 1. The second kappa shape index (κ2) is 6.52. The molecular weight excluding hydrogens is 302 g/mol. The van der Waals surface area contributed by atoms with E-state index in [-0.39, 0.29) is 17.2 Å². The summed E-state index contributed by atoms with van der Waals surface area (Å²) in [6.45, 7) is 0.414. The van der Waals surface area contributed by atoms with Crippen molar-refractivity contribution >= 4 is 11.6 Å². The van der Waals surface area contributed by atoms with Crippen molar-refractivity contribution < 1.29 is 4.79 Å². The fourth-order valence-electron chi connectivity index (χ4n) is 2.54. The molecule has 0 unspecified atom stereocenters. The molecule has 5 nitrogen and oxygen atoms in total. The number of aromatic nitrogens is 1. The number of nitrogen functional groups attached to an aromatic ring is 1. The van der Waals surface area contributed by atoms with Crippen molar-refractivity contribution in [1.29, 1.82) is 0 Å². The summed E-state index contributed by atoms with van der Waals surface area (Å²) in [6, 6.07) is 18.8. The van der Waals surface area contributed by atoms with Crippen molar-refractivity contribution in [2.45, 2.75) is 6.54 Å². The van der Waals surface area contributed by atoms with E-state index in [1.165, 1.54) is 16.7 Å². The number of rotatable bonds is 4. The van der Waals surface area contributed by atoms with E-state index in [2.05, 4.69) is 0 Å². The molecule has 0 aliphatic rings. The van der Waals surface area contributed by atoms with Crippen molar-refractivity contribution in [2.24, 2.45) is 5.73 Å². The monoisotopic (exact) mass is 319 g/mol. The van der Waals surface area contributed by atoms with Gasteiger partial charge in [0.05, 0.1) is 11.3 Å². The molecule has 0 atom stereocenters. The van der Waals surface area contributed by atoms with Gasteiger partial charge in [-0.15, -0.1) is 0 Å². The number of carbonyl (C=O) groups excluding carboxylic acids is 1. The minimum Gasteiger partial charge on any atom is -0.384 e. The minimum absolute atomic E-state index is 0.122. The molecule has 3 aromatic rings. The highest BCUT2D eigenvalue weighted by atomic mass is 16.1. The first-order valence-corrected chi connectivity index (χ1v) is 7.52. The second-order valence-corrected chi connectivity index (χ2v) is 5.37. The van der Waals surface area contributed by atoms with E-state index in [1.807, 2.05) is 18.2 Å². The Hall–Kier alpha value is -3.18. The molecule has 0 amide bonds. The van der Waals surface area contributed by atoms with Crippen molar-refractivity contribution in [3.8, 4) is 5.69 Å². The van der Waals surface area contributed by atoms with Crippen LogP contribution in [0.15, 0.2) is 71.5 Å². The molecule has 0 saturated carbocycles. The third-order valence-corrected chi connectivity index (χ3v) is 3.84. The summed E-state index contributed by atoms with van der Waals surface area (Å²) in [6.07, 6.45) is 0. The summed E-state index contributed by atoms with van der Waals surface area (Å²) >= 11 is 0. The highest BCUT2D eigenvalue weighted by Crippen LogP contribution is 2.19. The summed E-state index contributed by atoms with van der Waals surface area (Å²) in [5, 5.41) is 0. The molecule has 0 fully saturated rings. The number of ketones is 1. The Bertz CT molecular complexity index is 929. The first kappa shape index (κ1) is 15.7. The molecule has 0 aliphatic carbocycles. The maximum absolute atomic E-state index is 12.7. The van der Waals surface area contributed by atoms with Gasteiger partial charge in [0, 0.05) is 18.2 Å². The Labute approximate surface area is 139 Å². The van der Waals surface area contributed by atoms with E-state index in [9.17, 15) is 9.59 Å². The predicted molar refractivity (Wildman–Crippen MR) is 94.2 cm³/mol. The summed E-state index contributed by atoms with van der Waals surface area (Å²) in [5.41, 5.74) is 13.8. The highest BCUT2D eigenvalue weighted by Gasteiger charge is 2.16. The molecule has 0 saturated heterocycles. The van der Waals surface area contributed by atoms with Crippen LogP contribution in [0.5, 0.6) is 0 Å². The van der Waals surface area contributed by atoms with E-state index >= 15 is 0 Å². The lowest BCUT2D eigenvalue weighted by molar-refractivity contribution is 0.103. The van der Waals surface area contributed by atoms with E-state index in [1.54, 1.807) is 36.4 Å². The van der Waals surface area contributed by atoms with Gasteiger partial charge in [0.15, 0.2) is 5.78 Å². The molecule has 1 heterocycles. The normalized spacial score (nSPS) is 10.5. The van der Waals surface area contributed by atoms with Gasteiger partial charge in [0.1, 0.15) is 5.82 Å². The van der Waals surface area contributed by atoms with Crippen molar-refractivity contribution in [1.82, 2.24) is 4.57 Å². The van der Waals surface area contributed by atoms with Crippen LogP contribution >= 0.6 is 0 Å². The third-order valence-electron chi connectivity index (χ3n) is 3.84. The van der Waals surface area contributed by atoms with Gasteiger partial charge < -0.3 is 11.5 Å². The largest absolute Gasteiger partial charge is 0.384 e. The summed E-state index contributed by atoms with van der Waals surface area (Å²) in [5.74, 6) is -0.0997. The van der Waals surface area contributed by atoms with Crippen LogP contribution in [0.3, 0.4) is 0 Å². The van der Waals surface area contributed by atoms with Crippen LogP contribution in [0.1, 0.15) is 21.5 Å². The maximum Gasteiger partial charge on any atom is 0.256 e.